The molecule has 0 radical (unpaired) electrons. The van der Waals surface area contributed by atoms with E-state index in [-0.39, 0.29) is 29.7 Å². The first-order chi connectivity index (χ1) is 29.3. The van der Waals surface area contributed by atoms with E-state index in [0.717, 1.165) is 54.8 Å². The third-order valence-electron chi connectivity index (χ3n) is 10.1. The molecule has 0 saturated heterocycles. The smallest absolute Gasteiger partial charge is 0.101 e. The summed E-state index contributed by atoms with van der Waals surface area (Å²) in [6.45, 7) is 0. The number of hydrogen-bond donors (Lipinski definition) is 0. The van der Waals surface area contributed by atoms with Gasteiger partial charge in [0.15, 0.2) is 0 Å². The van der Waals surface area contributed by atoms with Crippen LogP contribution >= 0.6 is 11.3 Å². The van der Waals surface area contributed by atoms with Gasteiger partial charge in [-0.2, -0.15) is 0 Å². The SMILES string of the molecule is [2H]c1c([2H])c([2H])c(-c2ccc(N(c3ccc(-c4ccccc4)cc3)c3ccc(-c4ccc(-c5ccc6c(c5)c5ccccc5n6-c5ccccc5)cc4)s3)cc2)c([2H])c1[2H]. The van der Waals surface area contributed by atoms with Crippen LogP contribution in [0.25, 0.3) is 71.3 Å². The number of nitrogens with zero attached hydrogens (tertiary/aromatic N) is 2. The molecule has 0 aliphatic heterocycles. The molecule has 10 rings (SSSR count). The molecule has 10 aromatic rings. The van der Waals surface area contributed by atoms with Crippen LogP contribution in [0, 0.1) is 0 Å². The second kappa shape index (κ2) is 14.1. The summed E-state index contributed by atoms with van der Waals surface area (Å²) in [6, 6.07) is 63.8. The maximum atomic E-state index is 8.53. The topological polar surface area (TPSA) is 8.17 Å². The molecule has 0 aliphatic rings. The minimum absolute atomic E-state index is 0.187. The lowest BCUT2D eigenvalue weighted by Gasteiger charge is -2.24. The van der Waals surface area contributed by atoms with E-state index in [4.69, 9.17) is 6.85 Å². The summed E-state index contributed by atoms with van der Waals surface area (Å²) in [6.07, 6.45) is 0. The lowest BCUT2D eigenvalue weighted by molar-refractivity contribution is 1.18. The number of rotatable bonds is 8. The van der Waals surface area contributed by atoms with E-state index in [1.807, 2.05) is 48.5 Å². The second-order valence-corrected chi connectivity index (χ2v) is 14.5. The van der Waals surface area contributed by atoms with Crippen LogP contribution < -0.4 is 4.90 Å². The van der Waals surface area contributed by atoms with Gasteiger partial charge in [-0.1, -0.05) is 152 Å². The van der Waals surface area contributed by atoms with E-state index in [0.29, 0.717) is 5.56 Å². The van der Waals surface area contributed by atoms with Crippen molar-refractivity contribution in [2.24, 2.45) is 0 Å². The zero-order valence-corrected chi connectivity index (χ0v) is 30.5. The van der Waals surface area contributed by atoms with Crippen molar-refractivity contribution in [3.8, 4) is 49.5 Å². The minimum Gasteiger partial charge on any atom is -0.309 e. The van der Waals surface area contributed by atoms with Gasteiger partial charge in [-0.3, -0.25) is 0 Å². The first kappa shape index (κ1) is 27.6. The fourth-order valence-electron chi connectivity index (χ4n) is 7.45. The average Bonchev–Trinajstić information content (AvgIpc) is 3.92. The van der Waals surface area contributed by atoms with Gasteiger partial charge in [-0.15, -0.1) is 11.3 Å². The van der Waals surface area contributed by atoms with Crippen LogP contribution in [0.15, 0.2) is 218 Å². The van der Waals surface area contributed by atoms with Crippen molar-refractivity contribution < 1.29 is 6.85 Å². The van der Waals surface area contributed by atoms with Crippen LogP contribution in [-0.4, -0.2) is 4.57 Å². The number of thiophene rings is 1. The highest BCUT2D eigenvalue weighted by Crippen LogP contribution is 2.43. The summed E-state index contributed by atoms with van der Waals surface area (Å²) in [5.74, 6) is 0. The summed E-state index contributed by atoms with van der Waals surface area (Å²) in [5.41, 5.74) is 11.8. The van der Waals surface area contributed by atoms with Gasteiger partial charge in [-0.25, -0.2) is 0 Å². The van der Waals surface area contributed by atoms with E-state index in [9.17, 15) is 0 Å². The van der Waals surface area contributed by atoms with Crippen LogP contribution in [0.5, 0.6) is 0 Å². The summed E-state index contributed by atoms with van der Waals surface area (Å²) >= 11 is 1.69. The number of benzene rings is 8. The third kappa shape index (κ3) is 6.21. The average molecular weight is 726 g/mol. The van der Waals surface area contributed by atoms with Crippen LogP contribution in [0.1, 0.15) is 6.85 Å². The Kier molecular flexibility index (Phi) is 7.10. The van der Waals surface area contributed by atoms with Gasteiger partial charge >= 0.3 is 0 Å². The Morgan fingerprint density at radius 1 is 0.400 bits per heavy atom. The van der Waals surface area contributed by atoms with Crippen LogP contribution in [-0.2, 0) is 0 Å². The zero-order valence-electron chi connectivity index (χ0n) is 34.7. The molecule has 0 unspecified atom stereocenters. The van der Waals surface area contributed by atoms with Crippen molar-refractivity contribution in [3.05, 3.63) is 218 Å². The molecule has 260 valence electrons. The molecule has 3 heteroatoms. The lowest BCUT2D eigenvalue weighted by Crippen LogP contribution is -2.08. The van der Waals surface area contributed by atoms with E-state index >= 15 is 0 Å². The van der Waals surface area contributed by atoms with E-state index in [1.54, 1.807) is 11.3 Å². The molecule has 2 aromatic heterocycles. The Morgan fingerprint density at radius 2 is 0.927 bits per heavy atom. The highest BCUT2D eigenvalue weighted by Gasteiger charge is 2.17. The van der Waals surface area contributed by atoms with Gasteiger partial charge < -0.3 is 9.47 Å². The summed E-state index contributed by atoms with van der Waals surface area (Å²) in [5, 5.41) is 3.46. The van der Waals surface area contributed by atoms with Gasteiger partial charge in [0.25, 0.3) is 0 Å². The number of fused-ring (bicyclic) bond motifs is 3. The van der Waals surface area contributed by atoms with Crippen molar-refractivity contribution in [3.63, 3.8) is 0 Å². The predicted molar refractivity (Wildman–Crippen MR) is 235 cm³/mol. The van der Waals surface area contributed by atoms with Gasteiger partial charge in [0.2, 0.25) is 0 Å². The normalized spacial score (nSPS) is 12.5. The van der Waals surface area contributed by atoms with Crippen LogP contribution in [0.2, 0.25) is 0 Å². The van der Waals surface area contributed by atoms with Crippen molar-refractivity contribution in [1.29, 1.82) is 0 Å². The Bertz CT molecular complexity index is 3150. The molecule has 0 N–H and O–H groups in total. The molecule has 2 heterocycles. The second-order valence-electron chi connectivity index (χ2n) is 13.4. The van der Waals surface area contributed by atoms with E-state index < -0.39 is 6.04 Å². The quantitative estimate of drug-likeness (QED) is 0.151. The molecule has 0 aliphatic carbocycles. The van der Waals surface area contributed by atoms with Crippen molar-refractivity contribution in [2.75, 3.05) is 4.90 Å². The van der Waals surface area contributed by atoms with Crippen molar-refractivity contribution >= 4 is 49.5 Å². The van der Waals surface area contributed by atoms with Gasteiger partial charge in [0.05, 0.1) is 17.9 Å². The maximum Gasteiger partial charge on any atom is 0.101 e. The third-order valence-corrected chi connectivity index (χ3v) is 11.3. The minimum atomic E-state index is -0.399. The Hall–Kier alpha value is -6.94. The molecular weight excluding hydrogens is 685 g/mol. The Balaban J connectivity index is 0.993. The monoisotopic (exact) mass is 725 g/mol. The van der Waals surface area contributed by atoms with Gasteiger partial charge in [0.1, 0.15) is 5.00 Å². The maximum absolute atomic E-state index is 8.53. The van der Waals surface area contributed by atoms with Crippen LogP contribution in [0.4, 0.5) is 16.4 Å². The molecule has 0 atom stereocenters. The summed E-state index contributed by atoms with van der Waals surface area (Å²) < 4.78 is 43.8. The van der Waals surface area contributed by atoms with Crippen molar-refractivity contribution in [2.45, 2.75) is 0 Å². The Labute approximate surface area is 332 Å². The first-order valence-corrected chi connectivity index (χ1v) is 19.1. The molecule has 0 saturated carbocycles. The van der Waals surface area contributed by atoms with E-state index in [1.165, 1.54) is 21.8 Å². The van der Waals surface area contributed by atoms with Gasteiger partial charge in [0, 0.05) is 32.7 Å². The number of hydrogen-bond acceptors (Lipinski definition) is 2. The largest absolute Gasteiger partial charge is 0.309 e. The standard InChI is InChI=1S/C52H36N2S/c1-4-12-37(13-5-1)39-24-29-45(30-25-39)53(46-31-26-40(27-32-46)38-14-6-2-7-15-38)52-35-34-51(55-52)42-22-20-41(21-23-42)43-28-33-50-48(36-43)47-18-10-11-19-49(47)54(50)44-16-8-3-9-17-44/h1-36H/i1D,4D,5D,12D,13D. The molecule has 0 spiro atoms. The highest BCUT2D eigenvalue weighted by molar-refractivity contribution is 7.19. The predicted octanol–water partition coefficient (Wildman–Crippen LogP) is 15.0. The summed E-state index contributed by atoms with van der Waals surface area (Å²) in [4.78, 5) is 3.32. The van der Waals surface area contributed by atoms with E-state index in [2.05, 4.69) is 149 Å². The Morgan fingerprint density at radius 3 is 1.64 bits per heavy atom. The number of aromatic nitrogens is 1. The molecule has 0 fully saturated rings. The fraction of sp³-hybridized carbons (Fsp3) is 0. The van der Waals surface area contributed by atoms with Gasteiger partial charge in [-0.05, 0) is 106 Å². The summed E-state index contributed by atoms with van der Waals surface area (Å²) in [7, 11) is 0. The zero-order chi connectivity index (χ0) is 40.9. The molecule has 2 nitrogen and oxygen atoms in total. The number of para-hydroxylation sites is 2. The van der Waals surface area contributed by atoms with Crippen molar-refractivity contribution in [1.82, 2.24) is 4.57 Å². The highest BCUT2D eigenvalue weighted by atomic mass is 32.1. The molecule has 8 aromatic carbocycles. The fourth-order valence-corrected chi connectivity index (χ4v) is 8.50. The molecule has 0 amide bonds. The first-order valence-electron chi connectivity index (χ1n) is 20.8. The lowest BCUT2D eigenvalue weighted by atomic mass is 10.0. The number of anilines is 3. The molecule has 55 heavy (non-hydrogen) atoms. The molecular formula is C52H36N2S. The van der Waals surface area contributed by atoms with Crippen LogP contribution in [0.3, 0.4) is 0 Å². The molecule has 0 bridgehead atoms.